The smallest absolute Gasteiger partial charge is 0.211 e. The summed E-state index contributed by atoms with van der Waals surface area (Å²) in [6.07, 6.45) is 2.17. The molecule has 106 valence electrons. The van der Waals surface area contributed by atoms with Gasteiger partial charge in [0.1, 0.15) is 0 Å². The van der Waals surface area contributed by atoms with E-state index in [1.54, 1.807) is 0 Å². The molecule has 0 atom stereocenters. The number of rotatable bonds is 2. The first-order chi connectivity index (χ1) is 8.79. The summed E-state index contributed by atoms with van der Waals surface area (Å²) in [5.74, 6) is -3.04. The third-order valence-corrected chi connectivity index (χ3v) is 4.74. The first-order valence-corrected chi connectivity index (χ1v) is 7.77. The molecule has 0 aromatic heterocycles. The van der Waals surface area contributed by atoms with Gasteiger partial charge in [0, 0.05) is 13.1 Å². The molecule has 0 radical (unpaired) electrons. The molecule has 1 aliphatic rings. The minimum atomic E-state index is -3.21. The highest BCUT2D eigenvalue weighted by molar-refractivity contribution is 7.88. The van der Waals surface area contributed by atoms with E-state index in [1.165, 1.54) is 4.31 Å². The topological polar surface area (TPSA) is 57.6 Å². The van der Waals surface area contributed by atoms with Crippen LogP contribution in [0.2, 0.25) is 0 Å². The highest BCUT2D eigenvalue weighted by Crippen LogP contribution is 2.32. The molecular formula is C12H15F2NO3S. The second-order valence-corrected chi connectivity index (χ2v) is 6.75. The Morgan fingerprint density at radius 1 is 1.21 bits per heavy atom. The summed E-state index contributed by atoms with van der Waals surface area (Å²) in [5.41, 5.74) is 0.459. The standard InChI is InChI=1S/C12H15F2NO3S/c1-19(17,18)15-4-2-8(3-5-15)9-6-10(13)12(16)11(14)7-9/h6-8,16H,2-5H2,1H3. The van der Waals surface area contributed by atoms with Crippen molar-refractivity contribution in [2.45, 2.75) is 18.8 Å². The number of nitrogens with zero attached hydrogens (tertiary/aromatic N) is 1. The Hall–Kier alpha value is -1.21. The Morgan fingerprint density at radius 3 is 2.11 bits per heavy atom. The second-order valence-electron chi connectivity index (χ2n) is 4.77. The van der Waals surface area contributed by atoms with E-state index in [9.17, 15) is 17.2 Å². The SMILES string of the molecule is CS(=O)(=O)N1CCC(c2cc(F)c(O)c(F)c2)CC1. The van der Waals surface area contributed by atoms with Crippen LogP contribution in [0.25, 0.3) is 0 Å². The Labute approximate surface area is 110 Å². The molecule has 1 aromatic carbocycles. The minimum Gasteiger partial charge on any atom is -0.503 e. The maximum Gasteiger partial charge on any atom is 0.211 e. The molecule has 0 saturated carbocycles. The monoisotopic (exact) mass is 291 g/mol. The van der Waals surface area contributed by atoms with Gasteiger partial charge in [0.15, 0.2) is 17.4 Å². The molecule has 0 unspecified atom stereocenters. The lowest BCUT2D eigenvalue weighted by Crippen LogP contribution is -2.37. The first-order valence-electron chi connectivity index (χ1n) is 5.92. The predicted molar refractivity (Wildman–Crippen MR) is 66.4 cm³/mol. The zero-order valence-electron chi connectivity index (χ0n) is 10.4. The lowest BCUT2D eigenvalue weighted by molar-refractivity contribution is 0.319. The predicted octanol–water partition coefficient (Wildman–Crippen LogP) is 1.81. The quantitative estimate of drug-likeness (QED) is 0.904. The number of benzene rings is 1. The number of halogens is 2. The summed E-state index contributed by atoms with van der Waals surface area (Å²) in [4.78, 5) is 0. The van der Waals surface area contributed by atoms with E-state index >= 15 is 0 Å². The van der Waals surface area contributed by atoms with Crippen molar-refractivity contribution in [1.29, 1.82) is 0 Å². The van der Waals surface area contributed by atoms with Crippen molar-refractivity contribution in [1.82, 2.24) is 4.31 Å². The van der Waals surface area contributed by atoms with Crippen LogP contribution in [0.1, 0.15) is 24.3 Å². The van der Waals surface area contributed by atoms with E-state index in [0.717, 1.165) is 18.4 Å². The van der Waals surface area contributed by atoms with E-state index in [-0.39, 0.29) is 5.92 Å². The third kappa shape index (κ3) is 3.03. The first kappa shape index (κ1) is 14.2. The summed E-state index contributed by atoms with van der Waals surface area (Å²) < 4.78 is 50.6. The van der Waals surface area contributed by atoms with Gasteiger partial charge in [-0.3, -0.25) is 0 Å². The fourth-order valence-electron chi connectivity index (χ4n) is 2.34. The van der Waals surface area contributed by atoms with Crippen LogP contribution in [0.5, 0.6) is 5.75 Å². The molecule has 19 heavy (non-hydrogen) atoms. The maximum absolute atomic E-state index is 13.3. The average molecular weight is 291 g/mol. The summed E-state index contributed by atoms with van der Waals surface area (Å²) in [6.45, 7) is 0.682. The molecule has 0 aliphatic carbocycles. The van der Waals surface area contributed by atoms with Crippen LogP contribution in [-0.4, -0.2) is 37.2 Å². The molecule has 4 nitrogen and oxygen atoms in total. The largest absolute Gasteiger partial charge is 0.503 e. The molecular weight excluding hydrogens is 276 g/mol. The van der Waals surface area contributed by atoms with Crippen molar-refractivity contribution in [3.8, 4) is 5.75 Å². The van der Waals surface area contributed by atoms with Gasteiger partial charge in [-0.2, -0.15) is 0 Å². The molecule has 0 spiro atoms. The van der Waals surface area contributed by atoms with E-state index in [0.29, 0.717) is 31.5 Å². The Kier molecular flexibility index (Phi) is 3.78. The lowest BCUT2D eigenvalue weighted by atomic mass is 9.90. The second kappa shape index (κ2) is 5.05. The fourth-order valence-corrected chi connectivity index (χ4v) is 3.22. The number of piperidine rings is 1. The highest BCUT2D eigenvalue weighted by Gasteiger charge is 2.26. The molecule has 2 rings (SSSR count). The van der Waals surface area contributed by atoms with E-state index in [1.807, 2.05) is 0 Å². The van der Waals surface area contributed by atoms with E-state index in [2.05, 4.69) is 0 Å². The average Bonchev–Trinajstić information content (AvgIpc) is 2.34. The van der Waals surface area contributed by atoms with E-state index in [4.69, 9.17) is 5.11 Å². The fraction of sp³-hybridized carbons (Fsp3) is 0.500. The summed E-state index contributed by atoms with van der Waals surface area (Å²) >= 11 is 0. The Balaban J connectivity index is 2.14. The molecule has 0 amide bonds. The van der Waals surface area contributed by atoms with Crippen LogP contribution in [-0.2, 0) is 10.0 Å². The van der Waals surface area contributed by atoms with E-state index < -0.39 is 27.4 Å². The molecule has 1 aromatic rings. The minimum absolute atomic E-state index is 0.0948. The highest BCUT2D eigenvalue weighted by atomic mass is 32.2. The van der Waals surface area contributed by atoms with Gasteiger partial charge in [-0.15, -0.1) is 0 Å². The summed E-state index contributed by atoms with van der Waals surface area (Å²) in [5, 5.41) is 9.04. The van der Waals surface area contributed by atoms with Gasteiger partial charge in [-0.05, 0) is 36.5 Å². The van der Waals surface area contributed by atoms with Crippen LogP contribution in [0.4, 0.5) is 8.78 Å². The van der Waals surface area contributed by atoms with Crippen LogP contribution in [0.15, 0.2) is 12.1 Å². The normalized spacial score (nSPS) is 18.7. The number of aromatic hydroxyl groups is 1. The molecule has 1 fully saturated rings. The maximum atomic E-state index is 13.3. The van der Waals surface area contributed by atoms with Crippen molar-refractivity contribution in [2.24, 2.45) is 0 Å². The third-order valence-electron chi connectivity index (χ3n) is 3.43. The van der Waals surface area contributed by atoms with Gasteiger partial charge in [0.25, 0.3) is 0 Å². The molecule has 1 saturated heterocycles. The van der Waals surface area contributed by atoms with Crippen LogP contribution >= 0.6 is 0 Å². The van der Waals surface area contributed by atoms with Crippen LogP contribution in [0.3, 0.4) is 0 Å². The van der Waals surface area contributed by atoms with Crippen LogP contribution < -0.4 is 0 Å². The van der Waals surface area contributed by atoms with Gasteiger partial charge >= 0.3 is 0 Å². The number of phenols is 1. The Morgan fingerprint density at radius 2 is 1.68 bits per heavy atom. The van der Waals surface area contributed by atoms with Crippen molar-refractivity contribution < 1.29 is 22.3 Å². The molecule has 1 N–H and O–H groups in total. The summed E-state index contributed by atoms with van der Waals surface area (Å²) in [7, 11) is -3.21. The lowest BCUT2D eigenvalue weighted by Gasteiger charge is -2.30. The van der Waals surface area contributed by atoms with Crippen molar-refractivity contribution in [3.05, 3.63) is 29.3 Å². The molecule has 0 bridgehead atoms. The number of hydrogen-bond donors (Lipinski definition) is 1. The molecule has 1 aliphatic heterocycles. The van der Waals surface area contributed by atoms with Gasteiger partial charge in [-0.1, -0.05) is 0 Å². The van der Waals surface area contributed by atoms with Gasteiger partial charge < -0.3 is 5.11 Å². The Bertz CT molecular complexity index is 558. The molecule has 1 heterocycles. The summed E-state index contributed by atoms with van der Waals surface area (Å²) in [6, 6.07) is 2.22. The number of sulfonamides is 1. The van der Waals surface area contributed by atoms with Crippen molar-refractivity contribution >= 4 is 10.0 Å². The van der Waals surface area contributed by atoms with Crippen molar-refractivity contribution in [2.75, 3.05) is 19.3 Å². The number of phenolic OH excluding ortho intramolecular Hbond substituents is 1. The zero-order chi connectivity index (χ0) is 14.2. The molecule has 7 heteroatoms. The van der Waals surface area contributed by atoms with Crippen LogP contribution in [0, 0.1) is 11.6 Å². The number of hydrogen-bond acceptors (Lipinski definition) is 3. The van der Waals surface area contributed by atoms with Crippen molar-refractivity contribution in [3.63, 3.8) is 0 Å². The zero-order valence-corrected chi connectivity index (χ0v) is 11.3. The van der Waals surface area contributed by atoms with Gasteiger partial charge in [0.2, 0.25) is 10.0 Å². The van der Waals surface area contributed by atoms with Gasteiger partial charge in [0.05, 0.1) is 6.26 Å². The van der Waals surface area contributed by atoms with Gasteiger partial charge in [-0.25, -0.2) is 21.5 Å².